The second kappa shape index (κ2) is 9.37. The molecule has 146 valence electrons. The molecule has 0 aromatic heterocycles. The Kier molecular flexibility index (Phi) is 6.43. The summed E-state index contributed by atoms with van der Waals surface area (Å²) < 4.78 is 10.5. The number of ether oxygens (including phenoxy) is 2. The number of hydrogen-bond donors (Lipinski definition) is 1. The molecule has 1 amide bonds. The standard InChI is InChI=1S/C24H21NO4/c1-28-21-13-11-17(15-22(21)29-2)12-14-23(26)25-20-10-6-9-19(16-20)24(27)18-7-4-3-5-8-18/h3-16H,1-2H3,(H,25,26)/b14-12+. The minimum Gasteiger partial charge on any atom is -0.493 e. The molecule has 0 aliphatic heterocycles. The molecule has 3 aromatic rings. The molecule has 0 unspecified atom stereocenters. The average molecular weight is 387 g/mol. The van der Waals surface area contributed by atoms with Gasteiger partial charge in [0.25, 0.3) is 0 Å². The lowest BCUT2D eigenvalue weighted by Gasteiger charge is -2.08. The van der Waals surface area contributed by atoms with E-state index in [9.17, 15) is 9.59 Å². The number of carbonyl (C=O) groups excluding carboxylic acids is 2. The highest BCUT2D eigenvalue weighted by atomic mass is 16.5. The van der Waals surface area contributed by atoms with Gasteiger partial charge in [0, 0.05) is 22.9 Å². The zero-order valence-electron chi connectivity index (χ0n) is 16.2. The molecule has 0 heterocycles. The molecule has 29 heavy (non-hydrogen) atoms. The highest BCUT2D eigenvalue weighted by molar-refractivity contribution is 6.10. The van der Waals surface area contributed by atoms with Gasteiger partial charge in [-0.3, -0.25) is 9.59 Å². The molecule has 0 bridgehead atoms. The van der Waals surface area contributed by atoms with E-state index in [1.807, 2.05) is 24.3 Å². The van der Waals surface area contributed by atoms with Gasteiger partial charge >= 0.3 is 0 Å². The predicted octanol–water partition coefficient (Wildman–Crippen LogP) is 4.59. The molecular weight excluding hydrogens is 366 g/mol. The summed E-state index contributed by atoms with van der Waals surface area (Å²) >= 11 is 0. The average Bonchev–Trinajstić information content (AvgIpc) is 2.77. The third-order valence-electron chi connectivity index (χ3n) is 4.26. The maximum absolute atomic E-state index is 12.6. The minimum atomic E-state index is -0.302. The first kappa shape index (κ1) is 19.9. The van der Waals surface area contributed by atoms with Crippen molar-refractivity contribution < 1.29 is 19.1 Å². The summed E-state index contributed by atoms with van der Waals surface area (Å²) in [4.78, 5) is 24.8. The molecule has 0 atom stereocenters. The summed E-state index contributed by atoms with van der Waals surface area (Å²) in [6, 6.07) is 21.3. The van der Waals surface area contributed by atoms with E-state index in [0.717, 1.165) is 5.56 Å². The molecule has 3 aromatic carbocycles. The summed E-state index contributed by atoms with van der Waals surface area (Å²) in [5.41, 5.74) is 2.46. The van der Waals surface area contributed by atoms with Crippen molar-refractivity contribution in [2.24, 2.45) is 0 Å². The number of rotatable bonds is 7. The molecule has 1 N–H and O–H groups in total. The molecule has 0 spiro atoms. The Morgan fingerprint density at radius 2 is 1.52 bits per heavy atom. The fraction of sp³-hybridized carbons (Fsp3) is 0.0833. The summed E-state index contributed by atoms with van der Waals surface area (Å²) in [7, 11) is 3.12. The Hall–Kier alpha value is -3.86. The van der Waals surface area contributed by atoms with Crippen molar-refractivity contribution in [3.8, 4) is 11.5 Å². The normalized spacial score (nSPS) is 10.6. The Labute approximate surface area is 169 Å². The molecule has 0 aliphatic rings. The smallest absolute Gasteiger partial charge is 0.248 e. The first-order valence-corrected chi connectivity index (χ1v) is 9.01. The zero-order valence-corrected chi connectivity index (χ0v) is 16.2. The first-order valence-electron chi connectivity index (χ1n) is 9.01. The van der Waals surface area contributed by atoms with Crippen molar-refractivity contribution in [2.75, 3.05) is 19.5 Å². The molecule has 5 nitrogen and oxygen atoms in total. The topological polar surface area (TPSA) is 64.6 Å². The van der Waals surface area contributed by atoms with Crippen LogP contribution in [0.25, 0.3) is 6.08 Å². The van der Waals surface area contributed by atoms with Gasteiger partial charge in [-0.05, 0) is 35.9 Å². The largest absolute Gasteiger partial charge is 0.493 e. The van der Waals surface area contributed by atoms with E-state index in [1.54, 1.807) is 68.8 Å². The van der Waals surface area contributed by atoms with E-state index in [0.29, 0.717) is 28.3 Å². The molecule has 0 fully saturated rings. The van der Waals surface area contributed by atoms with Crippen molar-refractivity contribution >= 4 is 23.5 Å². The van der Waals surface area contributed by atoms with Gasteiger partial charge < -0.3 is 14.8 Å². The second-order valence-electron chi connectivity index (χ2n) is 6.21. The van der Waals surface area contributed by atoms with Crippen molar-refractivity contribution in [3.63, 3.8) is 0 Å². The van der Waals surface area contributed by atoms with Crippen LogP contribution in [0.15, 0.2) is 78.9 Å². The third-order valence-corrected chi connectivity index (χ3v) is 4.26. The van der Waals surface area contributed by atoms with E-state index < -0.39 is 0 Å². The van der Waals surface area contributed by atoms with Gasteiger partial charge in [0.15, 0.2) is 17.3 Å². The fourth-order valence-corrected chi connectivity index (χ4v) is 2.81. The van der Waals surface area contributed by atoms with Crippen molar-refractivity contribution in [1.29, 1.82) is 0 Å². The Morgan fingerprint density at radius 3 is 2.24 bits per heavy atom. The number of ketones is 1. The molecule has 0 saturated carbocycles. The maximum atomic E-state index is 12.6. The van der Waals surface area contributed by atoms with Crippen LogP contribution in [-0.2, 0) is 4.79 Å². The van der Waals surface area contributed by atoms with E-state index in [-0.39, 0.29) is 11.7 Å². The molecule has 5 heteroatoms. The molecule has 0 radical (unpaired) electrons. The van der Waals surface area contributed by atoms with E-state index in [4.69, 9.17) is 9.47 Å². The highest BCUT2D eigenvalue weighted by Gasteiger charge is 2.09. The van der Waals surface area contributed by atoms with Gasteiger partial charge in [-0.1, -0.05) is 48.5 Å². The van der Waals surface area contributed by atoms with Gasteiger partial charge in [-0.15, -0.1) is 0 Å². The number of benzene rings is 3. The molecule has 0 saturated heterocycles. The summed E-state index contributed by atoms with van der Waals surface area (Å²) in [5, 5.41) is 2.78. The number of anilines is 1. The highest BCUT2D eigenvalue weighted by Crippen LogP contribution is 2.28. The Balaban J connectivity index is 1.70. The van der Waals surface area contributed by atoms with Crippen LogP contribution in [0.3, 0.4) is 0 Å². The van der Waals surface area contributed by atoms with Gasteiger partial charge in [-0.2, -0.15) is 0 Å². The van der Waals surface area contributed by atoms with E-state index >= 15 is 0 Å². The lowest BCUT2D eigenvalue weighted by Crippen LogP contribution is -2.09. The number of carbonyl (C=O) groups is 2. The van der Waals surface area contributed by atoms with Crippen LogP contribution >= 0.6 is 0 Å². The van der Waals surface area contributed by atoms with Gasteiger partial charge in [0.2, 0.25) is 5.91 Å². The van der Waals surface area contributed by atoms with Gasteiger partial charge in [-0.25, -0.2) is 0 Å². The van der Waals surface area contributed by atoms with Crippen molar-refractivity contribution in [2.45, 2.75) is 0 Å². The number of hydrogen-bond acceptors (Lipinski definition) is 4. The van der Waals surface area contributed by atoms with E-state index in [1.165, 1.54) is 6.08 Å². The SMILES string of the molecule is COc1ccc(/C=C/C(=O)Nc2cccc(C(=O)c3ccccc3)c2)cc1OC. The van der Waals surface area contributed by atoms with E-state index in [2.05, 4.69) is 5.32 Å². The fourth-order valence-electron chi connectivity index (χ4n) is 2.81. The summed E-state index contributed by atoms with van der Waals surface area (Å²) in [6.45, 7) is 0. The Morgan fingerprint density at radius 1 is 0.793 bits per heavy atom. The minimum absolute atomic E-state index is 0.0948. The number of nitrogens with one attached hydrogen (secondary N) is 1. The second-order valence-corrected chi connectivity index (χ2v) is 6.21. The predicted molar refractivity (Wildman–Crippen MR) is 114 cm³/mol. The third kappa shape index (κ3) is 5.11. The lowest BCUT2D eigenvalue weighted by molar-refractivity contribution is -0.111. The zero-order chi connectivity index (χ0) is 20.6. The molecular formula is C24H21NO4. The van der Waals surface area contributed by atoms with Crippen LogP contribution in [0.5, 0.6) is 11.5 Å². The number of methoxy groups -OCH3 is 2. The quantitative estimate of drug-likeness (QED) is 0.476. The van der Waals surface area contributed by atoms with Gasteiger partial charge in [0.1, 0.15) is 0 Å². The summed E-state index contributed by atoms with van der Waals surface area (Å²) in [5.74, 6) is 0.808. The maximum Gasteiger partial charge on any atom is 0.248 e. The molecule has 0 aliphatic carbocycles. The Bertz CT molecular complexity index is 1040. The van der Waals surface area contributed by atoms with Crippen LogP contribution in [0.2, 0.25) is 0 Å². The van der Waals surface area contributed by atoms with Crippen LogP contribution < -0.4 is 14.8 Å². The van der Waals surface area contributed by atoms with Crippen LogP contribution in [0.4, 0.5) is 5.69 Å². The summed E-state index contributed by atoms with van der Waals surface area (Å²) in [6.07, 6.45) is 3.10. The molecule has 3 rings (SSSR count). The lowest BCUT2D eigenvalue weighted by atomic mass is 10.0. The van der Waals surface area contributed by atoms with Crippen LogP contribution in [0.1, 0.15) is 21.5 Å². The number of amides is 1. The van der Waals surface area contributed by atoms with Crippen LogP contribution in [0, 0.1) is 0 Å². The van der Waals surface area contributed by atoms with Gasteiger partial charge in [0.05, 0.1) is 14.2 Å². The van der Waals surface area contributed by atoms with Crippen molar-refractivity contribution in [1.82, 2.24) is 0 Å². The van der Waals surface area contributed by atoms with Crippen molar-refractivity contribution in [3.05, 3.63) is 95.6 Å². The van der Waals surface area contributed by atoms with Crippen LogP contribution in [-0.4, -0.2) is 25.9 Å². The monoisotopic (exact) mass is 387 g/mol. The first-order chi connectivity index (χ1) is 14.1.